The third-order valence-electron chi connectivity index (χ3n) is 3.94. The van der Waals surface area contributed by atoms with Crippen molar-refractivity contribution < 1.29 is 9.84 Å². The second kappa shape index (κ2) is 6.09. The van der Waals surface area contributed by atoms with Crippen molar-refractivity contribution in [2.45, 2.75) is 19.4 Å². The summed E-state index contributed by atoms with van der Waals surface area (Å²) in [7, 11) is 3.44. The van der Waals surface area contributed by atoms with E-state index >= 15 is 0 Å². The van der Waals surface area contributed by atoms with Crippen LogP contribution in [0.1, 0.15) is 18.3 Å². The van der Waals surface area contributed by atoms with E-state index in [-0.39, 0.29) is 0 Å². The van der Waals surface area contributed by atoms with Crippen LogP contribution in [0.15, 0.2) is 30.6 Å². The van der Waals surface area contributed by atoms with Crippen LogP contribution in [0, 0.1) is 6.92 Å². The number of hydrogen-bond donors (Lipinski definition) is 2. The molecule has 2 N–H and O–H groups in total. The summed E-state index contributed by atoms with van der Waals surface area (Å²) in [4.78, 5) is 8.90. The molecular weight excluding hydrogens is 306 g/mol. The van der Waals surface area contributed by atoms with Gasteiger partial charge in [0.2, 0.25) is 0 Å². The summed E-state index contributed by atoms with van der Waals surface area (Å²) in [6.07, 6.45) is 3.46. The average Bonchev–Trinajstić information content (AvgIpc) is 2.99. The lowest BCUT2D eigenvalue weighted by Gasteiger charge is -2.23. The number of hydrogen-bond acceptors (Lipinski definition) is 6. The predicted octanol–water partition coefficient (Wildman–Crippen LogP) is 2.00. The fourth-order valence-corrected chi connectivity index (χ4v) is 2.54. The monoisotopic (exact) mass is 327 g/mol. The highest BCUT2D eigenvalue weighted by molar-refractivity contribution is 5.90. The maximum atomic E-state index is 10.7. The third kappa shape index (κ3) is 3.16. The summed E-state index contributed by atoms with van der Waals surface area (Å²) in [6, 6.07) is 5.65. The molecule has 0 fully saturated rings. The van der Waals surface area contributed by atoms with Crippen molar-refractivity contribution in [3.05, 3.63) is 42.0 Å². The van der Waals surface area contributed by atoms with Gasteiger partial charge in [0.1, 0.15) is 23.0 Å². The smallest absolute Gasteiger partial charge is 0.137 e. The van der Waals surface area contributed by atoms with Gasteiger partial charge in [0, 0.05) is 30.7 Å². The molecule has 0 saturated heterocycles. The third-order valence-corrected chi connectivity index (χ3v) is 3.94. The largest absolute Gasteiger partial charge is 0.497 e. The summed E-state index contributed by atoms with van der Waals surface area (Å²) in [5.74, 6) is 2.06. The number of nitrogens with zero attached hydrogens (tertiary/aromatic N) is 4. The number of aryl methyl sites for hydroxylation is 2. The Balaban J connectivity index is 1.91. The van der Waals surface area contributed by atoms with Crippen LogP contribution in [0.4, 0.5) is 5.82 Å². The van der Waals surface area contributed by atoms with Gasteiger partial charge in [0.15, 0.2) is 0 Å². The summed E-state index contributed by atoms with van der Waals surface area (Å²) in [6.45, 7) is 3.88. The maximum Gasteiger partial charge on any atom is 0.137 e. The van der Waals surface area contributed by atoms with E-state index in [1.165, 1.54) is 0 Å². The molecule has 24 heavy (non-hydrogen) atoms. The fraction of sp³-hybridized carbons (Fsp3) is 0.353. The molecule has 0 spiro atoms. The second-order valence-electron chi connectivity index (χ2n) is 6.03. The Labute approximate surface area is 140 Å². The van der Waals surface area contributed by atoms with Gasteiger partial charge in [0.25, 0.3) is 0 Å². The van der Waals surface area contributed by atoms with Crippen LogP contribution >= 0.6 is 0 Å². The lowest BCUT2D eigenvalue weighted by molar-refractivity contribution is 0.0714. The van der Waals surface area contributed by atoms with Gasteiger partial charge in [-0.1, -0.05) is 0 Å². The highest BCUT2D eigenvalue weighted by Gasteiger charge is 2.25. The Hall–Kier alpha value is -2.67. The predicted molar refractivity (Wildman–Crippen MR) is 92.1 cm³/mol. The molecule has 3 aromatic rings. The molecule has 7 heteroatoms. The first kappa shape index (κ1) is 16.2. The Kier molecular flexibility index (Phi) is 4.11. The number of anilines is 1. The summed E-state index contributed by atoms with van der Waals surface area (Å²) >= 11 is 0. The van der Waals surface area contributed by atoms with Crippen LogP contribution in [0.25, 0.3) is 10.9 Å². The van der Waals surface area contributed by atoms with Crippen molar-refractivity contribution in [1.29, 1.82) is 0 Å². The summed E-state index contributed by atoms with van der Waals surface area (Å²) in [5.41, 5.74) is 0.496. The molecule has 0 aliphatic heterocycles. The molecule has 0 radical (unpaired) electrons. The van der Waals surface area contributed by atoms with Crippen molar-refractivity contribution in [3.63, 3.8) is 0 Å². The van der Waals surface area contributed by atoms with Crippen molar-refractivity contribution in [1.82, 2.24) is 19.7 Å². The molecule has 3 rings (SSSR count). The number of benzene rings is 1. The van der Waals surface area contributed by atoms with E-state index in [0.717, 1.165) is 22.2 Å². The van der Waals surface area contributed by atoms with E-state index in [2.05, 4.69) is 20.4 Å². The zero-order valence-electron chi connectivity index (χ0n) is 14.2. The maximum absolute atomic E-state index is 10.7. The Morgan fingerprint density at radius 2 is 2.12 bits per heavy atom. The summed E-state index contributed by atoms with van der Waals surface area (Å²) < 4.78 is 6.95. The van der Waals surface area contributed by atoms with Crippen LogP contribution < -0.4 is 10.1 Å². The zero-order valence-corrected chi connectivity index (χ0v) is 14.2. The number of rotatable bonds is 5. The molecule has 0 aliphatic carbocycles. The number of aromatic nitrogens is 4. The quantitative estimate of drug-likeness (QED) is 0.745. The van der Waals surface area contributed by atoms with Crippen LogP contribution in [-0.4, -0.2) is 38.5 Å². The van der Waals surface area contributed by atoms with E-state index in [1.807, 2.05) is 32.2 Å². The highest BCUT2D eigenvalue weighted by Crippen LogP contribution is 2.27. The second-order valence-corrected chi connectivity index (χ2v) is 6.03. The number of nitrogens with one attached hydrogen (secondary N) is 1. The van der Waals surface area contributed by atoms with Crippen LogP contribution in [-0.2, 0) is 12.6 Å². The first-order valence-corrected chi connectivity index (χ1v) is 7.67. The minimum absolute atomic E-state index is 0.293. The number of ether oxygens (including phenoxy) is 1. The van der Waals surface area contributed by atoms with Crippen LogP contribution in [0.2, 0.25) is 0 Å². The van der Waals surface area contributed by atoms with Gasteiger partial charge < -0.3 is 15.2 Å². The van der Waals surface area contributed by atoms with Crippen molar-refractivity contribution >= 4 is 16.7 Å². The topological polar surface area (TPSA) is 85.1 Å². The number of aliphatic hydroxyl groups is 1. The molecule has 126 valence electrons. The normalized spacial score (nSPS) is 13.7. The van der Waals surface area contributed by atoms with E-state index in [1.54, 1.807) is 31.1 Å². The molecule has 2 heterocycles. The average molecular weight is 327 g/mol. The van der Waals surface area contributed by atoms with E-state index in [0.29, 0.717) is 18.2 Å². The molecule has 7 nitrogen and oxygen atoms in total. The molecular formula is C17H21N5O2. The molecule has 0 saturated carbocycles. The molecule has 2 aromatic heterocycles. The van der Waals surface area contributed by atoms with Gasteiger partial charge in [0.05, 0.1) is 18.8 Å². The molecule has 0 amide bonds. The van der Waals surface area contributed by atoms with Gasteiger partial charge in [-0.15, -0.1) is 0 Å². The Bertz CT molecular complexity index is 873. The van der Waals surface area contributed by atoms with E-state index < -0.39 is 5.60 Å². The number of methoxy groups -OCH3 is 1. The minimum Gasteiger partial charge on any atom is -0.497 e. The fourth-order valence-electron chi connectivity index (χ4n) is 2.54. The van der Waals surface area contributed by atoms with E-state index in [9.17, 15) is 5.11 Å². The molecule has 0 aliphatic rings. The molecule has 1 atom stereocenters. The van der Waals surface area contributed by atoms with Gasteiger partial charge in [-0.3, -0.25) is 4.68 Å². The van der Waals surface area contributed by atoms with Gasteiger partial charge in [-0.05, 0) is 32.0 Å². The zero-order chi connectivity index (χ0) is 17.3. The van der Waals surface area contributed by atoms with Gasteiger partial charge in [-0.25, -0.2) is 9.97 Å². The lowest BCUT2D eigenvalue weighted by Crippen LogP contribution is -2.30. The van der Waals surface area contributed by atoms with Crippen molar-refractivity contribution in [3.8, 4) is 5.75 Å². The van der Waals surface area contributed by atoms with E-state index in [4.69, 9.17) is 4.74 Å². The molecule has 0 bridgehead atoms. The number of fused-ring (bicyclic) bond motifs is 1. The first-order chi connectivity index (χ1) is 11.4. The summed E-state index contributed by atoms with van der Waals surface area (Å²) in [5, 5.41) is 18.9. The van der Waals surface area contributed by atoms with Crippen molar-refractivity contribution in [2.75, 3.05) is 19.0 Å². The van der Waals surface area contributed by atoms with Crippen LogP contribution in [0.5, 0.6) is 5.75 Å². The van der Waals surface area contributed by atoms with Crippen LogP contribution in [0.3, 0.4) is 0 Å². The first-order valence-electron chi connectivity index (χ1n) is 7.67. The Morgan fingerprint density at radius 3 is 2.79 bits per heavy atom. The SMILES string of the molecule is COc1ccc2nc(C)nc(NC[C@](C)(O)c3cnn(C)c3)c2c1. The molecule has 0 unspecified atom stereocenters. The molecule has 1 aromatic carbocycles. The van der Waals surface area contributed by atoms with Gasteiger partial charge >= 0.3 is 0 Å². The lowest BCUT2D eigenvalue weighted by atomic mass is 10.00. The van der Waals surface area contributed by atoms with Crippen molar-refractivity contribution in [2.24, 2.45) is 7.05 Å². The highest BCUT2D eigenvalue weighted by atomic mass is 16.5. The Morgan fingerprint density at radius 1 is 1.33 bits per heavy atom. The standard InChI is InChI=1S/C17H21N5O2/c1-11-20-15-6-5-13(24-4)7-14(15)16(21-11)18-10-17(2,23)12-8-19-22(3)9-12/h5-9,23H,10H2,1-4H3,(H,18,20,21)/t17-/m0/s1. The van der Waals surface area contributed by atoms with Gasteiger partial charge in [-0.2, -0.15) is 5.10 Å². The minimum atomic E-state index is -1.07.